The quantitative estimate of drug-likeness (QED) is 0.521. The third-order valence-electron chi connectivity index (χ3n) is 3.60. The number of furan rings is 1. The highest BCUT2D eigenvalue weighted by atomic mass is 35.5. The van der Waals surface area contributed by atoms with E-state index < -0.39 is 24.2 Å². The molecule has 27 heavy (non-hydrogen) atoms. The molecule has 0 aliphatic heterocycles. The maximum Gasteiger partial charge on any atom is 0.374 e. The zero-order valence-electron chi connectivity index (χ0n) is 14.0. The van der Waals surface area contributed by atoms with Crippen LogP contribution >= 0.6 is 11.6 Å². The fourth-order valence-corrected chi connectivity index (χ4v) is 2.60. The maximum atomic E-state index is 14.0. The molecule has 0 saturated carbocycles. The van der Waals surface area contributed by atoms with Crippen molar-refractivity contribution >= 4 is 45.9 Å². The standard InChI is InChI=1S/C19H13ClFNO5/c1-10(23)22-13-3-4-14(15(21)8-13)16(24)9-26-19(25)18-7-11-6-12(20)2-5-17(11)27-18/h2-8H,9H2,1H3,(H,22,23). The Bertz CT molecular complexity index is 1060. The number of Topliss-reactive ketones (excluding diaryl/α,β-unsaturated/α-hetero) is 1. The molecular formula is C19H13ClFNO5. The highest BCUT2D eigenvalue weighted by molar-refractivity contribution is 6.31. The van der Waals surface area contributed by atoms with E-state index in [2.05, 4.69) is 5.32 Å². The average molecular weight is 390 g/mol. The molecular weight excluding hydrogens is 377 g/mol. The summed E-state index contributed by atoms with van der Waals surface area (Å²) in [6, 6.07) is 9.87. The van der Waals surface area contributed by atoms with E-state index in [1.807, 2.05) is 0 Å². The van der Waals surface area contributed by atoms with Crippen LogP contribution in [0.4, 0.5) is 10.1 Å². The van der Waals surface area contributed by atoms with Gasteiger partial charge in [-0.3, -0.25) is 9.59 Å². The van der Waals surface area contributed by atoms with Crippen LogP contribution < -0.4 is 5.32 Å². The third-order valence-corrected chi connectivity index (χ3v) is 3.84. The molecule has 3 aromatic rings. The third kappa shape index (κ3) is 4.32. The highest BCUT2D eigenvalue weighted by Crippen LogP contribution is 2.23. The molecule has 0 atom stereocenters. The SMILES string of the molecule is CC(=O)Nc1ccc(C(=O)COC(=O)c2cc3cc(Cl)ccc3o2)c(F)c1. The van der Waals surface area contributed by atoms with Gasteiger partial charge in [-0.2, -0.15) is 0 Å². The van der Waals surface area contributed by atoms with Crippen molar-refractivity contribution in [1.29, 1.82) is 0 Å². The van der Waals surface area contributed by atoms with Crippen LogP contribution in [0, 0.1) is 5.82 Å². The van der Waals surface area contributed by atoms with Gasteiger partial charge in [0.1, 0.15) is 11.4 Å². The number of esters is 1. The molecule has 3 rings (SSSR count). The molecule has 2 aromatic carbocycles. The Morgan fingerprint density at radius 1 is 1.15 bits per heavy atom. The number of nitrogens with one attached hydrogen (secondary N) is 1. The number of halogens is 2. The Balaban J connectivity index is 1.67. The first-order valence-electron chi connectivity index (χ1n) is 7.80. The van der Waals surface area contributed by atoms with Gasteiger partial charge in [0.05, 0.1) is 5.56 Å². The van der Waals surface area contributed by atoms with Crippen LogP contribution in [0.2, 0.25) is 5.02 Å². The van der Waals surface area contributed by atoms with Crippen LogP contribution in [0.1, 0.15) is 27.8 Å². The fraction of sp³-hybridized carbons (Fsp3) is 0.105. The van der Waals surface area contributed by atoms with Crippen molar-refractivity contribution < 1.29 is 27.9 Å². The number of hydrogen-bond acceptors (Lipinski definition) is 5. The van der Waals surface area contributed by atoms with Gasteiger partial charge >= 0.3 is 5.97 Å². The number of ketones is 1. The minimum Gasteiger partial charge on any atom is -0.451 e. The number of fused-ring (bicyclic) bond motifs is 1. The van der Waals surface area contributed by atoms with Crippen LogP contribution in [0.5, 0.6) is 0 Å². The van der Waals surface area contributed by atoms with E-state index in [1.165, 1.54) is 25.1 Å². The van der Waals surface area contributed by atoms with Gasteiger partial charge in [-0.1, -0.05) is 11.6 Å². The second kappa shape index (κ2) is 7.59. The number of rotatable bonds is 5. The molecule has 0 unspecified atom stereocenters. The molecule has 6 nitrogen and oxygen atoms in total. The van der Waals surface area contributed by atoms with Gasteiger partial charge in [-0.25, -0.2) is 9.18 Å². The first-order valence-corrected chi connectivity index (χ1v) is 8.18. The Morgan fingerprint density at radius 3 is 2.63 bits per heavy atom. The summed E-state index contributed by atoms with van der Waals surface area (Å²) in [5.41, 5.74) is 0.403. The van der Waals surface area contributed by atoms with Crippen molar-refractivity contribution in [3.8, 4) is 0 Å². The summed E-state index contributed by atoms with van der Waals surface area (Å²) < 4.78 is 24.3. The molecule has 0 bridgehead atoms. The molecule has 0 radical (unpaired) electrons. The minimum absolute atomic E-state index is 0.0958. The number of anilines is 1. The summed E-state index contributed by atoms with van der Waals surface area (Å²) in [5, 5.41) is 3.50. The zero-order valence-corrected chi connectivity index (χ0v) is 14.8. The minimum atomic E-state index is -0.856. The number of benzene rings is 2. The van der Waals surface area contributed by atoms with Crippen LogP contribution in [0.3, 0.4) is 0 Å². The van der Waals surface area contributed by atoms with E-state index in [1.54, 1.807) is 18.2 Å². The van der Waals surface area contributed by atoms with Gasteiger partial charge in [0.2, 0.25) is 17.5 Å². The lowest BCUT2D eigenvalue weighted by atomic mass is 10.1. The number of carbonyl (C=O) groups is 3. The van der Waals surface area contributed by atoms with Gasteiger partial charge in [-0.05, 0) is 42.5 Å². The zero-order chi connectivity index (χ0) is 19.6. The molecule has 0 aliphatic rings. The van der Waals surface area contributed by atoms with Gasteiger partial charge < -0.3 is 14.5 Å². The van der Waals surface area contributed by atoms with Crippen molar-refractivity contribution in [2.75, 3.05) is 11.9 Å². The van der Waals surface area contributed by atoms with Gasteiger partial charge in [0, 0.05) is 23.0 Å². The first kappa shape index (κ1) is 18.6. The summed E-state index contributed by atoms with van der Waals surface area (Å²) in [7, 11) is 0. The lowest BCUT2D eigenvalue weighted by Crippen LogP contribution is -2.15. The highest BCUT2D eigenvalue weighted by Gasteiger charge is 2.18. The van der Waals surface area contributed by atoms with Crippen molar-refractivity contribution in [3.05, 3.63) is 64.6 Å². The van der Waals surface area contributed by atoms with Crippen molar-refractivity contribution in [2.45, 2.75) is 6.92 Å². The molecule has 1 heterocycles. The Labute approximate surface area is 157 Å². The van der Waals surface area contributed by atoms with Crippen LogP contribution in [-0.4, -0.2) is 24.3 Å². The van der Waals surface area contributed by atoms with Gasteiger partial charge in [0.15, 0.2) is 6.61 Å². The Morgan fingerprint density at radius 2 is 1.93 bits per heavy atom. The Kier molecular flexibility index (Phi) is 5.23. The van der Waals surface area contributed by atoms with Crippen LogP contribution in [0.15, 0.2) is 46.9 Å². The van der Waals surface area contributed by atoms with Gasteiger partial charge in [0.25, 0.3) is 0 Å². The van der Waals surface area contributed by atoms with E-state index in [0.29, 0.717) is 16.0 Å². The monoisotopic (exact) mass is 389 g/mol. The molecule has 8 heteroatoms. The number of ether oxygens (including phenoxy) is 1. The van der Waals surface area contributed by atoms with Crippen LogP contribution in [-0.2, 0) is 9.53 Å². The molecule has 0 aliphatic carbocycles. The van der Waals surface area contributed by atoms with E-state index in [9.17, 15) is 18.8 Å². The van der Waals surface area contributed by atoms with E-state index >= 15 is 0 Å². The molecule has 1 amide bonds. The molecule has 0 spiro atoms. The summed E-state index contributed by atoms with van der Waals surface area (Å²) >= 11 is 5.87. The molecule has 0 fully saturated rings. The summed E-state index contributed by atoms with van der Waals surface area (Å²) in [4.78, 5) is 35.1. The predicted octanol–water partition coefficient (Wildman–Crippen LogP) is 4.22. The normalized spacial score (nSPS) is 10.6. The second-order valence-electron chi connectivity index (χ2n) is 5.67. The number of carbonyl (C=O) groups excluding carboxylic acids is 3. The Hall–Kier alpha value is -3.19. The van der Waals surface area contributed by atoms with E-state index in [-0.39, 0.29) is 22.9 Å². The fourth-order valence-electron chi connectivity index (χ4n) is 2.42. The van der Waals surface area contributed by atoms with Crippen molar-refractivity contribution in [2.24, 2.45) is 0 Å². The predicted molar refractivity (Wildman–Crippen MR) is 96.5 cm³/mol. The smallest absolute Gasteiger partial charge is 0.374 e. The lowest BCUT2D eigenvalue weighted by molar-refractivity contribution is -0.114. The van der Waals surface area contributed by atoms with Crippen molar-refractivity contribution in [3.63, 3.8) is 0 Å². The number of hydrogen-bond donors (Lipinski definition) is 1. The van der Waals surface area contributed by atoms with E-state index in [4.69, 9.17) is 20.8 Å². The number of amides is 1. The summed E-state index contributed by atoms with van der Waals surface area (Å²) in [6.45, 7) is 0.621. The maximum absolute atomic E-state index is 14.0. The molecule has 1 N–H and O–H groups in total. The lowest BCUT2D eigenvalue weighted by Gasteiger charge is -2.06. The molecule has 0 saturated heterocycles. The topological polar surface area (TPSA) is 85.6 Å². The molecule has 1 aromatic heterocycles. The second-order valence-corrected chi connectivity index (χ2v) is 6.10. The summed E-state index contributed by atoms with van der Waals surface area (Å²) in [6.07, 6.45) is 0. The first-order chi connectivity index (χ1) is 12.8. The van der Waals surface area contributed by atoms with Crippen LogP contribution in [0.25, 0.3) is 11.0 Å². The average Bonchev–Trinajstić information content (AvgIpc) is 3.02. The molecule has 138 valence electrons. The van der Waals surface area contributed by atoms with E-state index in [0.717, 1.165) is 6.07 Å². The van der Waals surface area contributed by atoms with Crippen molar-refractivity contribution in [1.82, 2.24) is 0 Å². The largest absolute Gasteiger partial charge is 0.451 e. The van der Waals surface area contributed by atoms with Gasteiger partial charge in [-0.15, -0.1) is 0 Å². The summed E-state index contributed by atoms with van der Waals surface area (Å²) in [5.74, 6) is -2.88.